The predicted molar refractivity (Wildman–Crippen MR) is 61.8 cm³/mol. The first-order valence-electron chi connectivity index (χ1n) is 5.84. The third-order valence-corrected chi connectivity index (χ3v) is 3.29. The molecule has 0 spiro atoms. The van der Waals surface area contributed by atoms with Gasteiger partial charge in [0.25, 0.3) is 0 Å². The molecule has 1 amide bonds. The zero-order chi connectivity index (χ0) is 12.3. The topological polar surface area (TPSA) is 70.7 Å². The van der Waals surface area contributed by atoms with Gasteiger partial charge in [0.15, 0.2) is 0 Å². The van der Waals surface area contributed by atoms with Crippen LogP contribution >= 0.6 is 0 Å². The molecule has 1 aromatic heterocycles. The third-order valence-electron chi connectivity index (χ3n) is 3.29. The fraction of sp³-hybridized carbons (Fsp3) is 0.583. The zero-order valence-electron chi connectivity index (χ0n) is 9.94. The van der Waals surface area contributed by atoms with E-state index in [1.165, 1.54) is 0 Å². The van der Waals surface area contributed by atoms with Crippen LogP contribution in [0.2, 0.25) is 0 Å². The Balaban J connectivity index is 1.79. The number of carbonyl (C=O) groups is 1. The van der Waals surface area contributed by atoms with Crippen LogP contribution in [0.1, 0.15) is 25.0 Å². The molecule has 0 aromatic carbocycles. The number of amides is 1. The summed E-state index contributed by atoms with van der Waals surface area (Å²) in [5, 5.41) is 16.0. The maximum atomic E-state index is 11.8. The molecule has 2 rings (SSSR count). The van der Waals surface area contributed by atoms with Crippen molar-refractivity contribution in [1.82, 2.24) is 15.1 Å². The smallest absolute Gasteiger partial charge is 0.240 e. The van der Waals surface area contributed by atoms with Gasteiger partial charge in [0.1, 0.15) is 5.41 Å². The first-order chi connectivity index (χ1) is 8.16. The molecule has 0 unspecified atom stereocenters. The molecular formula is C12H16N4O. The van der Waals surface area contributed by atoms with Crippen LogP contribution in [0.4, 0.5) is 0 Å². The molecular weight excluding hydrogens is 216 g/mol. The van der Waals surface area contributed by atoms with Gasteiger partial charge < -0.3 is 5.32 Å². The maximum Gasteiger partial charge on any atom is 0.240 e. The lowest BCUT2D eigenvalue weighted by molar-refractivity contribution is -0.131. The molecule has 5 heteroatoms. The molecule has 90 valence electrons. The van der Waals surface area contributed by atoms with Crippen molar-refractivity contribution >= 4 is 5.91 Å². The van der Waals surface area contributed by atoms with Crippen LogP contribution in [0.5, 0.6) is 0 Å². The van der Waals surface area contributed by atoms with Crippen LogP contribution in [0.15, 0.2) is 12.3 Å². The van der Waals surface area contributed by atoms with Crippen molar-refractivity contribution in [3.8, 4) is 6.07 Å². The van der Waals surface area contributed by atoms with Crippen molar-refractivity contribution in [2.24, 2.45) is 12.5 Å². The molecule has 1 saturated carbocycles. The van der Waals surface area contributed by atoms with E-state index in [0.717, 1.165) is 12.1 Å². The first-order valence-corrected chi connectivity index (χ1v) is 5.84. The number of rotatable bonds is 4. The van der Waals surface area contributed by atoms with E-state index in [2.05, 4.69) is 16.5 Å². The van der Waals surface area contributed by atoms with Crippen LogP contribution in [0.25, 0.3) is 0 Å². The second-order valence-corrected chi connectivity index (χ2v) is 4.53. The van der Waals surface area contributed by atoms with Crippen LogP contribution in [-0.4, -0.2) is 22.2 Å². The Morgan fingerprint density at radius 3 is 2.94 bits per heavy atom. The minimum Gasteiger partial charge on any atom is -0.354 e. The fourth-order valence-corrected chi connectivity index (χ4v) is 1.99. The number of nitrogens with zero attached hydrogens (tertiary/aromatic N) is 3. The minimum atomic E-state index is -0.746. The minimum absolute atomic E-state index is 0.123. The van der Waals surface area contributed by atoms with Crippen molar-refractivity contribution in [1.29, 1.82) is 5.26 Å². The number of nitriles is 1. The van der Waals surface area contributed by atoms with Gasteiger partial charge in [0.2, 0.25) is 5.91 Å². The number of hydrogen-bond donors (Lipinski definition) is 1. The van der Waals surface area contributed by atoms with Gasteiger partial charge in [-0.05, 0) is 25.3 Å². The average molecular weight is 232 g/mol. The van der Waals surface area contributed by atoms with Crippen molar-refractivity contribution < 1.29 is 4.79 Å². The van der Waals surface area contributed by atoms with E-state index >= 15 is 0 Å². The Morgan fingerprint density at radius 2 is 2.47 bits per heavy atom. The number of aryl methyl sites for hydroxylation is 1. The Morgan fingerprint density at radius 1 is 1.71 bits per heavy atom. The van der Waals surface area contributed by atoms with Gasteiger partial charge in [0.05, 0.1) is 11.8 Å². The highest BCUT2D eigenvalue weighted by atomic mass is 16.2. The number of carbonyl (C=O) groups excluding carboxylic acids is 1. The monoisotopic (exact) mass is 232 g/mol. The van der Waals surface area contributed by atoms with E-state index < -0.39 is 5.41 Å². The first kappa shape index (κ1) is 11.6. The molecule has 1 aromatic rings. The van der Waals surface area contributed by atoms with Crippen molar-refractivity contribution in [2.45, 2.75) is 25.7 Å². The lowest BCUT2D eigenvalue weighted by atomic mass is 9.69. The molecule has 0 radical (unpaired) electrons. The number of hydrogen-bond acceptors (Lipinski definition) is 3. The Labute approximate surface area is 100 Å². The highest BCUT2D eigenvalue weighted by Gasteiger charge is 2.44. The lowest BCUT2D eigenvalue weighted by Crippen LogP contribution is -2.45. The van der Waals surface area contributed by atoms with E-state index in [4.69, 9.17) is 5.26 Å². The van der Waals surface area contributed by atoms with Crippen LogP contribution < -0.4 is 5.32 Å². The summed E-state index contributed by atoms with van der Waals surface area (Å²) in [7, 11) is 1.86. The average Bonchev–Trinajstić information content (AvgIpc) is 2.63. The Hall–Kier alpha value is -1.83. The summed E-state index contributed by atoms with van der Waals surface area (Å²) in [6.07, 6.45) is 4.94. The maximum absolute atomic E-state index is 11.8. The molecule has 17 heavy (non-hydrogen) atoms. The van der Waals surface area contributed by atoms with Gasteiger partial charge in [-0.15, -0.1) is 0 Å². The lowest BCUT2D eigenvalue weighted by Gasteiger charge is -2.33. The molecule has 1 N–H and O–H groups in total. The number of nitrogens with one attached hydrogen (secondary N) is 1. The quantitative estimate of drug-likeness (QED) is 0.833. The zero-order valence-corrected chi connectivity index (χ0v) is 9.94. The van der Waals surface area contributed by atoms with Gasteiger partial charge >= 0.3 is 0 Å². The summed E-state index contributed by atoms with van der Waals surface area (Å²) in [5.74, 6) is -0.123. The molecule has 0 bridgehead atoms. The molecule has 1 aliphatic carbocycles. The second-order valence-electron chi connectivity index (χ2n) is 4.53. The van der Waals surface area contributed by atoms with Gasteiger partial charge in [-0.25, -0.2) is 0 Å². The van der Waals surface area contributed by atoms with Crippen molar-refractivity contribution in [3.05, 3.63) is 18.0 Å². The summed E-state index contributed by atoms with van der Waals surface area (Å²) < 4.78 is 1.74. The van der Waals surface area contributed by atoms with Crippen molar-refractivity contribution in [3.63, 3.8) is 0 Å². The van der Waals surface area contributed by atoms with E-state index in [-0.39, 0.29) is 5.91 Å². The van der Waals surface area contributed by atoms with Crippen LogP contribution in [-0.2, 0) is 18.3 Å². The van der Waals surface area contributed by atoms with Gasteiger partial charge in [-0.3, -0.25) is 9.48 Å². The van der Waals surface area contributed by atoms with Crippen LogP contribution in [0.3, 0.4) is 0 Å². The third kappa shape index (κ3) is 2.31. The summed E-state index contributed by atoms with van der Waals surface area (Å²) in [6, 6.07) is 4.06. The van der Waals surface area contributed by atoms with Gasteiger partial charge in [-0.2, -0.15) is 10.4 Å². The summed E-state index contributed by atoms with van der Waals surface area (Å²) in [5.41, 5.74) is 0.205. The molecule has 1 heterocycles. The molecule has 0 aliphatic heterocycles. The highest BCUT2D eigenvalue weighted by Crippen LogP contribution is 2.40. The van der Waals surface area contributed by atoms with Crippen LogP contribution in [0, 0.1) is 16.7 Å². The molecule has 0 saturated heterocycles. The molecule has 5 nitrogen and oxygen atoms in total. The van der Waals surface area contributed by atoms with Gasteiger partial charge in [-0.1, -0.05) is 0 Å². The molecule has 1 aliphatic rings. The fourth-order valence-electron chi connectivity index (χ4n) is 1.99. The largest absolute Gasteiger partial charge is 0.354 e. The van der Waals surface area contributed by atoms with Gasteiger partial charge in [0, 0.05) is 26.2 Å². The standard InChI is InChI=1S/C12H16N4O/c1-16-8-4-10(15-16)3-7-14-11(17)12(9-13)5-2-6-12/h4,8H,2-3,5-7H2,1H3,(H,14,17). The summed E-state index contributed by atoms with van der Waals surface area (Å²) in [4.78, 5) is 11.8. The highest BCUT2D eigenvalue weighted by molar-refractivity contribution is 5.86. The SMILES string of the molecule is Cn1ccc(CCNC(=O)C2(C#N)CCC2)n1. The Bertz CT molecular complexity index is 453. The normalized spacial score (nSPS) is 16.9. The van der Waals surface area contributed by atoms with E-state index in [9.17, 15) is 4.79 Å². The van der Waals surface area contributed by atoms with E-state index in [0.29, 0.717) is 25.8 Å². The molecule has 0 atom stereocenters. The molecule has 1 fully saturated rings. The summed E-state index contributed by atoms with van der Waals surface area (Å²) >= 11 is 0. The Kier molecular flexibility index (Phi) is 3.14. The van der Waals surface area contributed by atoms with E-state index in [1.54, 1.807) is 4.68 Å². The van der Waals surface area contributed by atoms with Crippen molar-refractivity contribution in [2.75, 3.05) is 6.54 Å². The second kappa shape index (κ2) is 4.58. The predicted octanol–water partition coefficient (Wildman–Crippen LogP) is 0.773. The van der Waals surface area contributed by atoms with E-state index in [1.807, 2.05) is 19.3 Å². The summed E-state index contributed by atoms with van der Waals surface area (Å²) in [6.45, 7) is 0.541. The number of aromatic nitrogens is 2.